The molecular formula is C13H17N3O4S. The van der Waals surface area contributed by atoms with Crippen LogP contribution >= 0.6 is 0 Å². The van der Waals surface area contributed by atoms with Crippen molar-refractivity contribution < 1.29 is 18.0 Å². The summed E-state index contributed by atoms with van der Waals surface area (Å²) < 4.78 is 26.2. The van der Waals surface area contributed by atoms with Crippen LogP contribution in [-0.4, -0.2) is 51.3 Å². The Kier molecular flexibility index (Phi) is 4.92. The highest BCUT2D eigenvalue weighted by atomic mass is 32.2. The molecule has 0 unspecified atom stereocenters. The number of benzene rings is 1. The third-order valence-corrected chi connectivity index (χ3v) is 4.50. The second-order valence-corrected chi connectivity index (χ2v) is 6.42. The summed E-state index contributed by atoms with van der Waals surface area (Å²) in [7, 11) is -3.71. The van der Waals surface area contributed by atoms with E-state index in [9.17, 15) is 18.0 Å². The van der Waals surface area contributed by atoms with Crippen molar-refractivity contribution in [3.8, 4) is 0 Å². The first-order chi connectivity index (χ1) is 9.99. The van der Waals surface area contributed by atoms with Gasteiger partial charge in [-0.2, -0.15) is 0 Å². The molecule has 1 aromatic rings. The van der Waals surface area contributed by atoms with Crippen molar-refractivity contribution in [3.63, 3.8) is 0 Å². The molecule has 0 bridgehead atoms. The first-order valence-corrected chi connectivity index (χ1v) is 8.06. The van der Waals surface area contributed by atoms with Gasteiger partial charge in [0.15, 0.2) is 0 Å². The average Bonchev–Trinajstić information content (AvgIpc) is 2.70. The van der Waals surface area contributed by atoms with Crippen LogP contribution in [0.3, 0.4) is 0 Å². The Morgan fingerprint density at radius 3 is 2.71 bits per heavy atom. The smallest absolute Gasteiger partial charge is 0.241 e. The van der Waals surface area contributed by atoms with Gasteiger partial charge < -0.3 is 10.2 Å². The fourth-order valence-corrected chi connectivity index (χ4v) is 2.97. The second kappa shape index (κ2) is 6.68. The zero-order chi connectivity index (χ0) is 15.3. The van der Waals surface area contributed by atoms with E-state index in [1.54, 1.807) is 18.2 Å². The van der Waals surface area contributed by atoms with E-state index < -0.39 is 15.9 Å². The molecule has 1 aromatic carbocycles. The normalized spacial score (nSPS) is 16.2. The molecule has 0 aromatic heterocycles. The van der Waals surface area contributed by atoms with Gasteiger partial charge >= 0.3 is 0 Å². The fourth-order valence-electron chi connectivity index (χ4n) is 1.97. The Balaban J connectivity index is 1.96. The van der Waals surface area contributed by atoms with E-state index in [1.807, 2.05) is 0 Å². The minimum absolute atomic E-state index is 0.0358. The summed E-state index contributed by atoms with van der Waals surface area (Å²) >= 11 is 0. The van der Waals surface area contributed by atoms with Gasteiger partial charge in [0.2, 0.25) is 21.8 Å². The highest BCUT2D eigenvalue weighted by molar-refractivity contribution is 7.89. The number of nitrogens with zero attached hydrogens (tertiary/aromatic N) is 1. The lowest BCUT2D eigenvalue weighted by Gasteiger charge is -2.19. The van der Waals surface area contributed by atoms with Crippen molar-refractivity contribution in [1.29, 1.82) is 0 Å². The van der Waals surface area contributed by atoms with Crippen LogP contribution in [0.4, 0.5) is 0 Å². The Labute approximate surface area is 123 Å². The zero-order valence-electron chi connectivity index (χ0n) is 11.4. The van der Waals surface area contributed by atoms with E-state index >= 15 is 0 Å². The van der Waals surface area contributed by atoms with Crippen LogP contribution in [-0.2, 0) is 19.6 Å². The highest BCUT2D eigenvalue weighted by Gasteiger charge is 2.21. The fraction of sp³-hybridized carbons (Fsp3) is 0.385. The van der Waals surface area contributed by atoms with Crippen LogP contribution in [0.1, 0.15) is 6.42 Å². The lowest BCUT2D eigenvalue weighted by atomic mass is 10.4. The van der Waals surface area contributed by atoms with Crippen LogP contribution < -0.4 is 10.0 Å². The van der Waals surface area contributed by atoms with Crippen molar-refractivity contribution in [2.45, 2.75) is 11.3 Å². The van der Waals surface area contributed by atoms with Gasteiger partial charge in [0.25, 0.3) is 0 Å². The van der Waals surface area contributed by atoms with Gasteiger partial charge in [0, 0.05) is 13.1 Å². The third-order valence-electron chi connectivity index (χ3n) is 3.08. The lowest BCUT2D eigenvalue weighted by molar-refractivity contribution is -0.134. The summed E-state index contributed by atoms with van der Waals surface area (Å²) in [5.74, 6) is -0.640. The van der Waals surface area contributed by atoms with Crippen LogP contribution in [0.25, 0.3) is 0 Å². The molecular weight excluding hydrogens is 294 g/mol. The second-order valence-electron chi connectivity index (χ2n) is 4.66. The largest absolute Gasteiger partial charge is 0.354 e. The Morgan fingerprint density at radius 2 is 2.00 bits per heavy atom. The number of hydrogen-bond acceptors (Lipinski definition) is 4. The van der Waals surface area contributed by atoms with Gasteiger partial charge in [-0.25, -0.2) is 13.1 Å². The summed E-state index contributed by atoms with van der Waals surface area (Å²) in [6, 6.07) is 7.82. The average molecular weight is 311 g/mol. The van der Waals surface area contributed by atoms with Gasteiger partial charge in [0.1, 0.15) is 0 Å². The first kappa shape index (κ1) is 15.5. The van der Waals surface area contributed by atoms with Crippen molar-refractivity contribution in [1.82, 2.24) is 14.9 Å². The number of carbonyl (C=O) groups excluding carboxylic acids is 2. The summed E-state index contributed by atoms with van der Waals surface area (Å²) in [4.78, 5) is 24.8. The molecule has 7 nitrogen and oxygen atoms in total. The molecule has 0 atom stereocenters. The van der Waals surface area contributed by atoms with Gasteiger partial charge in [-0.05, 0) is 18.6 Å². The Bertz CT molecular complexity index is 616. The highest BCUT2D eigenvalue weighted by Crippen LogP contribution is 2.07. The Morgan fingerprint density at radius 1 is 1.29 bits per heavy atom. The van der Waals surface area contributed by atoms with Gasteiger partial charge in [-0.3, -0.25) is 9.59 Å². The van der Waals surface area contributed by atoms with Crippen LogP contribution in [0, 0.1) is 0 Å². The lowest BCUT2D eigenvalue weighted by Crippen LogP contribution is -2.43. The Hall–Kier alpha value is -1.93. The standard InChI is InChI=1S/C13H17N3O4S/c17-12-10-16(8-4-7-14-12)13(18)9-15-21(19,20)11-5-2-1-3-6-11/h1-3,5-6,15H,4,7-10H2,(H,14,17). The molecule has 2 N–H and O–H groups in total. The molecule has 1 aliphatic rings. The maximum Gasteiger partial charge on any atom is 0.241 e. The molecule has 0 saturated carbocycles. The summed E-state index contributed by atoms with van der Waals surface area (Å²) in [6.45, 7) is 0.569. The zero-order valence-corrected chi connectivity index (χ0v) is 12.2. The van der Waals surface area contributed by atoms with Crippen molar-refractivity contribution in [3.05, 3.63) is 30.3 Å². The molecule has 1 saturated heterocycles. The van der Waals surface area contributed by atoms with E-state index in [2.05, 4.69) is 10.0 Å². The number of sulfonamides is 1. The van der Waals surface area contributed by atoms with E-state index in [1.165, 1.54) is 17.0 Å². The maximum atomic E-state index is 12.0. The minimum atomic E-state index is -3.71. The minimum Gasteiger partial charge on any atom is -0.354 e. The number of carbonyl (C=O) groups is 2. The molecule has 0 aliphatic carbocycles. The van der Waals surface area contributed by atoms with Gasteiger partial charge in [-0.1, -0.05) is 18.2 Å². The summed E-state index contributed by atoms with van der Waals surface area (Å²) in [6.07, 6.45) is 0.656. The number of amides is 2. The van der Waals surface area contributed by atoms with E-state index in [0.717, 1.165) is 0 Å². The van der Waals surface area contributed by atoms with Gasteiger partial charge in [0.05, 0.1) is 18.0 Å². The third kappa shape index (κ3) is 4.27. The molecule has 114 valence electrons. The molecule has 1 fully saturated rings. The van der Waals surface area contributed by atoms with Crippen LogP contribution in [0.2, 0.25) is 0 Å². The van der Waals surface area contributed by atoms with Crippen molar-refractivity contribution in [2.75, 3.05) is 26.2 Å². The number of nitrogens with one attached hydrogen (secondary N) is 2. The number of rotatable bonds is 4. The molecule has 0 radical (unpaired) electrons. The topological polar surface area (TPSA) is 95.6 Å². The summed E-state index contributed by atoms with van der Waals surface area (Å²) in [5, 5.41) is 2.66. The van der Waals surface area contributed by atoms with Crippen LogP contribution in [0.5, 0.6) is 0 Å². The molecule has 0 spiro atoms. The van der Waals surface area contributed by atoms with Crippen molar-refractivity contribution in [2.24, 2.45) is 0 Å². The SMILES string of the molecule is O=C1CN(C(=O)CNS(=O)(=O)c2ccccc2)CCCN1. The molecule has 1 heterocycles. The quantitative estimate of drug-likeness (QED) is 0.769. The van der Waals surface area contributed by atoms with E-state index in [0.29, 0.717) is 19.5 Å². The van der Waals surface area contributed by atoms with E-state index in [-0.39, 0.29) is 23.9 Å². The molecule has 1 aliphatic heterocycles. The van der Waals surface area contributed by atoms with Crippen molar-refractivity contribution >= 4 is 21.8 Å². The predicted octanol–water partition coefficient (Wildman–Crippen LogP) is -0.687. The molecule has 8 heteroatoms. The molecule has 2 rings (SSSR count). The summed E-state index contributed by atoms with van der Waals surface area (Å²) in [5.41, 5.74) is 0. The van der Waals surface area contributed by atoms with Gasteiger partial charge in [-0.15, -0.1) is 0 Å². The monoisotopic (exact) mass is 311 g/mol. The predicted molar refractivity (Wildman–Crippen MR) is 75.8 cm³/mol. The number of hydrogen-bond donors (Lipinski definition) is 2. The van der Waals surface area contributed by atoms with Crippen LogP contribution in [0.15, 0.2) is 35.2 Å². The molecule has 2 amide bonds. The van der Waals surface area contributed by atoms with E-state index in [4.69, 9.17) is 0 Å². The molecule has 21 heavy (non-hydrogen) atoms. The maximum absolute atomic E-state index is 12.0. The first-order valence-electron chi connectivity index (χ1n) is 6.58.